The lowest BCUT2D eigenvalue weighted by Gasteiger charge is -2.07. The minimum absolute atomic E-state index is 0.168. The van der Waals surface area contributed by atoms with Crippen LogP contribution < -0.4 is 0 Å². The molecule has 0 aliphatic rings. The lowest BCUT2D eigenvalue weighted by atomic mass is 10.1. The van der Waals surface area contributed by atoms with Crippen molar-refractivity contribution in [1.29, 1.82) is 5.26 Å². The number of rotatable bonds is 2. The van der Waals surface area contributed by atoms with Gasteiger partial charge >= 0.3 is 6.18 Å². The van der Waals surface area contributed by atoms with Crippen molar-refractivity contribution in [3.8, 4) is 6.07 Å². The van der Waals surface area contributed by atoms with Crippen LogP contribution in [0.25, 0.3) is 0 Å². The number of nitro benzene ring substituents is 1. The molecule has 0 amide bonds. The first-order valence-electron chi connectivity index (χ1n) is 4.07. The Hall–Kier alpha value is -2.10. The van der Waals surface area contributed by atoms with E-state index in [0.29, 0.717) is 6.07 Å². The number of hydrogen-bond acceptors (Lipinski definition) is 3. The van der Waals surface area contributed by atoms with E-state index in [9.17, 15) is 23.3 Å². The summed E-state index contributed by atoms with van der Waals surface area (Å²) in [6.07, 6.45) is -4.94. The van der Waals surface area contributed by atoms with Crippen LogP contribution in [0.15, 0.2) is 18.2 Å². The summed E-state index contributed by atoms with van der Waals surface area (Å²) in [5.74, 6) is 0. The molecule has 0 atom stereocenters. The van der Waals surface area contributed by atoms with E-state index in [1.165, 1.54) is 0 Å². The average Bonchev–Trinajstić information content (AvgIpc) is 2.16. The van der Waals surface area contributed by atoms with Gasteiger partial charge in [0, 0.05) is 6.07 Å². The van der Waals surface area contributed by atoms with Crippen molar-refractivity contribution in [2.45, 2.75) is 12.6 Å². The van der Waals surface area contributed by atoms with Crippen molar-refractivity contribution >= 4 is 5.69 Å². The van der Waals surface area contributed by atoms with Crippen LogP contribution in [0, 0.1) is 21.4 Å². The fourth-order valence-electron chi connectivity index (χ4n) is 1.17. The average molecular weight is 230 g/mol. The molecule has 0 bridgehead atoms. The Morgan fingerprint density at radius 2 is 2.06 bits per heavy atom. The first-order valence-corrected chi connectivity index (χ1v) is 4.07. The summed E-state index contributed by atoms with van der Waals surface area (Å²) in [6.45, 7) is 0. The molecule has 1 aromatic carbocycles. The van der Waals surface area contributed by atoms with Crippen molar-refractivity contribution in [3.05, 3.63) is 39.4 Å². The Morgan fingerprint density at radius 1 is 1.44 bits per heavy atom. The van der Waals surface area contributed by atoms with Crippen LogP contribution in [-0.2, 0) is 12.6 Å². The van der Waals surface area contributed by atoms with Gasteiger partial charge in [-0.1, -0.05) is 6.07 Å². The third-order valence-corrected chi connectivity index (χ3v) is 1.85. The van der Waals surface area contributed by atoms with Crippen molar-refractivity contribution < 1.29 is 18.1 Å². The molecule has 7 heteroatoms. The molecule has 1 aromatic rings. The molecule has 0 saturated heterocycles. The van der Waals surface area contributed by atoms with Crippen LogP contribution in [0.3, 0.4) is 0 Å². The molecular weight excluding hydrogens is 225 g/mol. The summed E-state index contributed by atoms with van der Waals surface area (Å²) >= 11 is 0. The monoisotopic (exact) mass is 230 g/mol. The zero-order chi connectivity index (χ0) is 12.3. The molecular formula is C9H5F3N2O2. The van der Waals surface area contributed by atoms with E-state index in [1.807, 2.05) is 0 Å². The molecule has 4 nitrogen and oxygen atoms in total. The van der Waals surface area contributed by atoms with Gasteiger partial charge in [0.1, 0.15) is 5.56 Å². The molecule has 0 aliphatic heterocycles. The molecule has 0 radical (unpaired) electrons. The fraction of sp³-hybridized carbons (Fsp3) is 0.222. The van der Waals surface area contributed by atoms with Gasteiger partial charge in [0.2, 0.25) is 0 Å². The number of nitriles is 1. The smallest absolute Gasteiger partial charge is 0.258 e. The lowest BCUT2D eigenvalue weighted by molar-refractivity contribution is -0.388. The quantitative estimate of drug-likeness (QED) is 0.579. The van der Waals surface area contributed by atoms with Gasteiger partial charge in [-0.15, -0.1) is 0 Å². The van der Waals surface area contributed by atoms with Crippen LogP contribution in [0.1, 0.15) is 11.1 Å². The molecule has 84 valence electrons. The van der Waals surface area contributed by atoms with E-state index in [2.05, 4.69) is 0 Å². The number of hydrogen-bond donors (Lipinski definition) is 0. The van der Waals surface area contributed by atoms with Gasteiger partial charge in [-0.3, -0.25) is 10.1 Å². The van der Waals surface area contributed by atoms with Gasteiger partial charge < -0.3 is 0 Å². The van der Waals surface area contributed by atoms with E-state index in [0.717, 1.165) is 12.1 Å². The predicted octanol–water partition coefficient (Wildman–Crippen LogP) is 2.68. The first-order chi connectivity index (χ1) is 7.36. The predicted molar refractivity (Wildman–Crippen MR) is 47.4 cm³/mol. The maximum atomic E-state index is 12.4. The summed E-state index contributed by atoms with van der Waals surface area (Å²) in [5, 5.41) is 18.8. The van der Waals surface area contributed by atoms with Gasteiger partial charge in [-0.05, 0) is 11.6 Å². The van der Waals surface area contributed by atoms with E-state index in [-0.39, 0.29) is 12.0 Å². The summed E-state index contributed by atoms with van der Waals surface area (Å²) in [6, 6.07) is 4.14. The Balaban J connectivity index is 3.32. The second-order valence-electron chi connectivity index (χ2n) is 2.94. The number of halogens is 3. The second-order valence-corrected chi connectivity index (χ2v) is 2.94. The third-order valence-electron chi connectivity index (χ3n) is 1.85. The second kappa shape index (κ2) is 4.18. The number of alkyl halides is 3. The third kappa shape index (κ3) is 2.48. The van der Waals surface area contributed by atoms with Crippen LogP contribution in [-0.4, -0.2) is 4.92 Å². The van der Waals surface area contributed by atoms with Crippen molar-refractivity contribution in [2.75, 3.05) is 0 Å². The van der Waals surface area contributed by atoms with E-state index < -0.39 is 22.4 Å². The van der Waals surface area contributed by atoms with Crippen molar-refractivity contribution in [1.82, 2.24) is 0 Å². The van der Waals surface area contributed by atoms with Gasteiger partial charge in [0.15, 0.2) is 0 Å². The number of nitrogens with zero attached hydrogens (tertiary/aromatic N) is 2. The Kier molecular flexibility index (Phi) is 3.13. The van der Waals surface area contributed by atoms with Gasteiger partial charge in [-0.25, -0.2) is 0 Å². The lowest BCUT2D eigenvalue weighted by Crippen LogP contribution is -2.09. The SMILES string of the molecule is N#CCc1ccc(C(F)(F)F)c([N+](=O)[O-])c1. The highest BCUT2D eigenvalue weighted by molar-refractivity contribution is 5.45. The van der Waals surface area contributed by atoms with Gasteiger partial charge in [0.25, 0.3) is 5.69 Å². The molecule has 1 rings (SSSR count). The molecule has 0 spiro atoms. The highest BCUT2D eigenvalue weighted by Gasteiger charge is 2.38. The fourth-order valence-corrected chi connectivity index (χ4v) is 1.17. The Bertz CT molecular complexity index is 463. The van der Waals surface area contributed by atoms with E-state index in [4.69, 9.17) is 5.26 Å². The Morgan fingerprint density at radius 3 is 2.50 bits per heavy atom. The molecule has 16 heavy (non-hydrogen) atoms. The highest BCUT2D eigenvalue weighted by Crippen LogP contribution is 2.36. The number of nitro groups is 1. The van der Waals surface area contributed by atoms with Crippen LogP contribution in [0.4, 0.5) is 18.9 Å². The molecule has 0 aromatic heterocycles. The summed E-state index contributed by atoms with van der Waals surface area (Å²) < 4.78 is 37.1. The molecule has 0 unspecified atom stereocenters. The van der Waals surface area contributed by atoms with E-state index in [1.54, 1.807) is 6.07 Å². The zero-order valence-corrected chi connectivity index (χ0v) is 7.78. The molecule has 0 saturated carbocycles. The summed E-state index contributed by atoms with van der Waals surface area (Å²) in [4.78, 5) is 9.34. The normalized spacial score (nSPS) is 10.9. The van der Waals surface area contributed by atoms with Crippen LogP contribution in [0.5, 0.6) is 0 Å². The number of benzene rings is 1. The first kappa shape index (κ1) is 12.0. The Labute approximate surface area is 88.1 Å². The van der Waals surface area contributed by atoms with Crippen molar-refractivity contribution in [2.24, 2.45) is 0 Å². The highest BCUT2D eigenvalue weighted by atomic mass is 19.4. The maximum Gasteiger partial charge on any atom is 0.422 e. The van der Waals surface area contributed by atoms with E-state index >= 15 is 0 Å². The van der Waals surface area contributed by atoms with Gasteiger partial charge in [-0.2, -0.15) is 18.4 Å². The molecule has 0 fully saturated rings. The standard InChI is InChI=1S/C9H5F3N2O2/c10-9(11,12)7-2-1-6(3-4-13)5-8(7)14(15)16/h1-2,5H,3H2. The molecule has 0 heterocycles. The largest absolute Gasteiger partial charge is 0.422 e. The maximum absolute atomic E-state index is 12.4. The van der Waals surface area contributed by atoms with Gasteiger partial charge in [0.05, 0.1) is 17.4 Å². The minimum Gasteiger partial charge on any atom is -0.258 e. The zero-order valence-electron chi connectivity index (χ0n) is 7.78. The summed E-state index contributed by atoms with van der Waals surface area (Å²) in [5.41, 5.74) is -2.15. The van der Waals surface area contributed by atoms with Crippen LogP contribution in [0.2, 0.25) is 0 Å². The summed E-state index contributed by atoms with van der Waals surface area (Å²) in [7, 11) is 0. The van der Waals surface area contributed by atoms with Crippen LogP contribution >= 0.6 is 0 Å². The molecule has 0 N–H and O–H groups in total. The molecule has 0 aliphatic carbocycles. The van der Waals surface area contributed by atoms with Crippen molar-refractivity contribution in [3.63, 3.8) is 0 Å². The minimum atomic E-state index is -4.77. The topological polar surface area (TPSA) is 66.9 Å².